The van der Waals surface area contributed by atoms with Gasteiger partial charge in [0.05, 0.1) is 15.1 Å². The van der Waals surface area contributed by atoms with Crippen LogP contribution in [0.5, 0.6) is 5.75 Å². The highest BCUT2D eigenvalue weighted by Crippen LogP contribution is 2.19. The van der Waals surface area contributed by atoms with E-state index < -0.39 is 0 Å². The van der Waals surface area contributed by atoms with Crippen LogP contribution in [0.2, 0.25) is 0 Å². The third-order valence-electron chi connectivity index (χ3n) is 2.50. The maximum absolute atomic E-state index is 12.0. The number of hydrogen-bond donors (Lipinski definition) is 1. The molecule has 2 aromatic rings. The summed E-state index contributed by atoms with van der Waals surface area (Å²) in [6.07, 6.45) is 0. The number of rotatable bonds is 6. The number of halogens is 1. The molecule has 0 unspecified atom stereocenters. The first-order valence-corrected chi connectivity index (χ1v) is 7.92. The fraction of sp³-hybridized carbons (Fsp3) is 0.214. The van der Waals surface area contributed by atoms with Crippen LogP contribution in [0.1, 0.15) is 10.4 Å². The van der Waals surface area contributed by atoms with Crippen LogP contribution >= 0.6 is 33.9 Å². The normalized spacial score (nSPS) is 10.3. The van der Waals surface area contributed by atoms with Gasteiger partial charge in [0, 0.05) is 18.2 Å². The maximum Gasteiger partial charge on any atom is 0.256 e. The molecule has 0 aliphatic rings. The molecule has 0 spiro atoms. The molecule has 6 heteroatoms. The van der Waals surface area contributed by atoms with Crippen molar-refractivity contribution in [2.45, 2.75) is 0 Å². The van der Waals surface area contributed by atoms with Crippen molar-refractivity contribution in [1.29, 1.82) is 0 Å². The fourth-order valence-corrected chi connectivity index (χ4v) is 2.84. The van der Waals surface area contributed by atoms with Crippen molar-refractivity contribution in [3.8, 4) is 5.75 Å². The van der Waals surface area contributed by atoms with Gasteiger partial charge in [-0.25, -0.2) is 0 Å². The number of nitrogens with one attached hydrogen (secondary N) is 1. The molecule has 0 atom stereocenters. The van der Waals surface area contributed by atoms with E-state index in [1.807, 2.05) is 35.7 Å². The van der Waals surface area contributed by atoms with Crippen LogP contribution in [0.15, 0.2) is 35.7 Å². The number of ether oxygens (including phenoxy) is 2. The number of benzene rings is 1. The number of methoxy groups -OCH3 is 1. The number of thiophene rings is 1. The Balaban J connectivity index is 1.91. The highest BCUT2D eigenvalue weighted by atomic mass is 127. The van der Waals surface area contributed by atoms with Gasteiger partial charge < -0.3 is 14.8 Å². The third kappa shape index (κ3) is 4.46. The monoisotopic (exact) mass is 403 g/mol. The molecule has 0 fully saturated rings. The number of carbonyl (C=O) groups is 1. The first-order chi connectivity index (χ1) is 9.69. The second-order valence-electron chi connectivity index (χ2n) is 3.96. The van der Waals surface area contributed by atoms with Gasteiger partial charge in [-0.2, -0.15) is 0 Å². The fourth-order valence-electron chi connectivity index (χ4n) is 1.51. The summed E-state index contributed by atoms with van der Waals surface area (Å²) in [6.45, 7) is 1.06. The summed E-state index contributed by atoms with van der Waals surface area (Å²) in [6, 6.07) is 9.14. The predicted molar refractivity (Wildman–Crippen MR) is 88.8 cm³/mol. The molecule has 106 valence electrons. The van der Waals surface area contributed by atoms with Crippen LogP contribution in [-0.2, 0) is 4.74 Å². The first-order valence-electron chi connectivity index (χ1n) is 5.96. The minimum Gasteiger partial charge on any atom is -0.491 e. The average Bonchev–Trinajstić information content (AvgIpc) is 2.88. The molecule has 0 aliphatic heterocycles. The molecule has 1 heterocycles. The highest BCUT2D eigenvalue weighted by Gasteiger charge is 2.08. The van der Waals surface area contributed by atoms with Crippen molar-refractivity contribution in [2.24, 2.45) is 0 Å². The molecule has 1 aromatic heterocycles. The standard InChI is InChI=1S/C14H14INO3S/c1-18-6-7-19-12-4-2-11(3-5-12)16-14(17)10-8-13(15)20-9-10/h2-5,8-9H,6-7H2,1H3,(H,16,17). The van der Waals surface area contributed by atoms with Gasteiger partial charge >= 0.3 is 0 Å². The lowest BCUT2D eigenvalue weighted by molar-refractivity contribution is 0.102. The Kier molecular flexibility index (Phi) is 5.81. The zero-order valence-electron chi connectivity index (χ0n) is 10.9. The van der Waals surface area contributed by atoms with Crippen LogP contribution in [-0.4, -0.2) is 26.2 Å². The van der Waals surface area contributed by atoms with E-state index in [1.54, 1.807) is 18.4 Å². The molecular weight excluding hydrogens is 389 g/mol. The van der Waals surface area contributed by atoms with Gasteiger partial charge in [0.2, 0.25) is 0 Å². The second-order valence-corrected chi connectivity index (χ2v) is 6.76. The third-order valence-corrected chi connectivity index (χ3v) is 4.29. The summed E-state index contributed by atoms with van der Waals surface area (Å²) in [5, 5.41) is 4.70. The summed E-state index contributed by atoms with van der Waals surface area (Å²) in [5.74, 6) is 0.655. The number of carbonyl (C=O) groups excluding carboxylic acids is 1. The smallest absolute Gasteiger partial charge is 0.256 e. The summed E-state index contributed by atoms with van der Waals surface area (Å²) in [4.78, 5) is 12.0. The molecule has 1 N–H and O–H groups in total. The summed E-state index contributed by atoms with van der Waals surface area (Å²) >= 11 is 3.75. The Morgan fingerprint density at radius 2 is 2.05 bits per heavy atom. The van der Waals surface area contributed by atoms with Crippen molar-refractivity contribution in [3.63, 3.8) is 0 Å². The lowest BCUT2D eigenvalue weighted by Crippen LogP contribution is -2.10. The quantitative estimate of drug-likeness (QED) is 0.592. The van der Waals surface area contributed by atoms with E-state index in [1.165, 1.54) is 0 Å². The van der Waals surface area contributed by atoms with Gasteiger partial charge in [0.25, 0.3) is 5.91 Å². The average molecular weight is 403 g/mol. The minimum atomic E-state index is -0.0998. The van der Waals surface area contributed by atoms with E-state index in [9.17, 15) is 4.79 Å². The van der Waals surface area contributed by atoms with Crippen LogP contribution in [0.4, 0.5) is 5.69 Å². The SMILES string of the molecule is COCCOc1ccc(NC(=O)c2csc(I)c2)cc1. The zero-order chi connectivity index (χ0) is 14.4. The highest BCUT2D eigenvalue weighted by molar-refractivity contribution is 14.1. The number of hydrogen-bond acceptors (Lipinski definition) is 4. The Morgan fingerprint density at radius 1 is 1.30 bits per heavy atom. The lowest BCUT2D eigenvalue weighted by atomic mass is 10.2. The summed E-state index contributed by atoms with van der Waals surface area (Å²) < 4.78 is 11.5. The molecule has 1 amide bonds. The van der Waals surface area contributed by atoms with Crippen molar-refractivity contribution in [3.05, 3.63) is 44.2 Å². The predicted octanol–water partition coefficient (Wildman–Crippen LogP) is 3.63. The van der Waals surface area contributed by atoms with Gasteiger partial charge in [-0.15, -0.1) is 11.3 Å². The molecule has 0 saturated carbocycles. The lowest BCUT2D eigenvalue weighted by Gasteiger charge is -2.07. The van der Waals surface area contributed by atoms with Gasteiger partial charge in [-0.3, -0.25) is 4.79 Å². The van der Waals surface area contributed by atoms with E-state index in [2.05, 4.69) is 27.9 Å². The molecule has 1 aromatic carbocycles. The van der Waals surface area contributed by atoms with Crippen molar-refractivity contribution in [1.82, 2.24) is 0 Å². The first kappa shape index (κ1) is 15.3. The van der Waals surface area contributed by atoms with Crippen LogP contribution in [0, 0.1) is 2.88 Å². The van der Waals surface area contributed by atoms with E-state index in [-0.39, 0.29) is 5.91 Å². The molecule has 0 saturated heterocycles. The molecule has 2 rings (SSSR count). The van der Waals surface area contributed by atoms with E-state index in [0.29, 0.717) is 18.8 Å². The number of amides is 1. The zero-order valence-corrected chi connectivity index (χ0v) is 13.9. The minimum absolute atomic E-state index is 0.0998. The van der Waals surface area contributed by atoms with Crippen molar-refractivity contribution in [2.75, 3.05) is 25.6 Å². The Labute approximate surface area is 135 Å². The van der Waals surface area contributed by atoms with Crippen molar-refractivity contribution < 1.29 is 14.3 Å². The van der Waals surface area contributed by atoms with E-state index >= 15 is 0 Å². The second kappa shape index (κ2) is 7.61. The van der Waals surface area contributed by atoms with Gasteiger partial charge in [0.15, 0.2) is 0 Å². The topological polar surface area (TPSA) is 47.6 Å². The molecular formula is C14H14INO3S. The van der Waals surface area contributed by atoms with Gasteiger partial charge in [-0.05, 0) is 52.9 Å². The largest absolute Gasteiger partial charge is 0.491 e. The van der Waals surface area contributed by atoms with E-state index in [0.717, 1.165) is 14.3 Å². The van der Waals surface area contributed by atoms with Crippen LogP contribution in [0.3, 0.4) is 0 Å². The molecule has 0 radical (unpaired) electrons. The van der Waals surface area contributed by atoms with E-state index in [4.69, 9.17) is 9.47 Å². The maximum atomic E-state index is 12.0. The molecule has 20 heavy (non-hydrogen) atoms. The molecule has 4 nitrogen and oxygen atoms in total. The summed E-state index contributed by atoms with van der Waals surface area (Å²) in [5.41, 5.74) is 1.43. The summed E-state index contributed by atoms with van der Waals surface area (Å²) in [7, 11) is 1.63. The van der Waals surface area contributed by atoms with Gasteiger partial charge in [0.1, 0.15) is 12.4 Å². The number of anilines is 1. The van der Waals surface area contributed by atoms with Gasteiger partial charge in [-0.1, -0.05) is 0 Å². The Bertz CT molecular complexity index is 568. The molecule has 0 aliphatic carbocycles. The molecule has 0 bridgehead atoms. The Hall–Kier alpha value is -1.12. The van der Waals surface area contributed by atoms with Crippen molar-refractivity contribution >= 4 is 45.5 Å². The Morgan fingerprint density at radius 3 is 2.65 bits per heavy atom. The van der Waals surface area contributed by atoms with Crippen LogP contribution < -0.4 is 10.1 Å². The van der Waals surface area contributed by atoms with Crippen LogP contribution in [0.25, 0.3) is 0 Å².